The summed E-state index contributed by atoms with van der Waals surface area (Å²) in [5.74, 6) is 1.15. The Morgan fingerprint density at radius 3 is 2.45 bits per heavy atom. The molecule has 2 heterocycles. The van der Waals surface area contributed by atoms with Crippen LogP contribution in [0.1, 0.15) is 6.42 Å². The predicted octanol–water partition coefficient (Wildman–Crippen LogP) is 0.662. The van der Waals surface area contributed by atoms with Crippen LogP contribution < -0.4 is 15.0 Å². The van der Waals surface area contributed by atoms with Crippen LogP contribution in [-0.4, -0.2) is 52.2 Å². The van der Waals surface area contributed by atoms with Gasteiger partial charge in [0, 0.05) is 31.9 Å². The molecule has 110 valence electrons. The van der Waals surface area contributed by atoms with Gasteiger partial charge in [-0.3, -0.25) is 0 Å². The first-order valence-corrected chi connectivity index (χ1v) is 8.87. The van der Waals surface area contributed by atoms with Gasteiger partial charge >= 0.3 is 0 Å². The van der Waals surface area contributed by atoms with Crippen molar-refractivity contribution in [3.05, 3.63) is 24.3 Å². The Bertz CT molecular complexity index is 550. The lowest BCUT2D eigenvalue weighted by Gasteiger charge is -2.29. The summed E-state index contributed by atoms with van der Waals surface area (Å²) in [6.45, 7) is 4.05. The van der Waals surface area contributed by atoms with Crippen LogP contribution in [0.4, 0.5) is 5.69 Å². The third-order valence-electron chi connectivity index (χ3n) is 3.81. The molecule has 2 fully saturated rings. The van der Waals surface area contributed by atoms with Gasteiger partial charge < -0.3 is 15.0 Å². The molecule has 0 saturated carbocycles. The molecule has 3 rings (SSSR count). The number of nitrogens with one attached hydrogen (secondary N) is 1. The molecule has 0 aromatic heterocycles. The van der Waals surface area contributed by atoms with Gasteiger partial charge in [-0.1, -0.05) is 0 Å². The highest BCUT2D eigenvalue weighted by Crippen LogP contribution is 2.23. The number of sulfone groups is 1. The first-order chi connectivity index (χ1) is 9.62. The molecule has 0 amide bonds. The molecule has 2 saturated heterocycles. The lowest BCUT2D eigenvalue weighted by atomic mass is 10.2. The monoisotopic (exact) mass is 296 g/mol. The van der Waals surface area contributed by atoms with Crippen molar-refractivity contribution in [2.75, 3.05) is 42.6 Å². The van der Waals surface area contributed by atoms with Gasteiger partial charge in [0.05, 0.1) is 11.5 Å². The van der Waals surface area contributed by atoms with E-state index in [2.05, 4.69) is 10.2 Å². The topological polar surface area (TPSA) is 58.6 Å². The summed E-state index contributed by atoms with van der Waals surface area (Å²) in [6.07, 6.45) is 0.409. The first-order valence-electron chi connectivity index (χ1n) is 7.05. The quantitative estimate of drug-likeness (QED) is 0.888. The summed E-state index contributed by atoms with van der Waals surface area (Å²) >= 11 is 0. The average molecular weight is 296 g/mol. The molecule has 0 radical (unpaired) electrons. The fourth-order valence-electron chi connectivity index (χ4n) is 2.70. The maximum atomic E-state index is 11.4. The molecule has 5 nitrogen and oxygen atoms in total. The molecule has 1 N–H and O–H groups in total. The van der Waals surface area contributed by atoms with Gasteiger partial charge in [-0.25, -0.2) is 8.42 Å². The SMILES string of the molecule is O=S1(=O)CCC(Oc2ccc(N3CCNCC3)cc2)C1. The van der Waals surface area contributed by atoms with Gasteiger partial charge in [0.1, 0.15) is 11.9 Å². The van der Waals surface area contributed by atoms with Gasteiger partial charge in [-0.2, -0.15) is 0 Å². The van der Waals surface area contributed by atoms with Gasteiger partial charge in [0.2, 0.25) is 0 Å². The molecule has 2 aliphatic heterocycles. The Labute approximate surface area is 119 Å². The average Bonchev–Trinajstić information content (AvgIpc) is 2.80. The Kier molecular flexibility index (Phi) is 3.85. The normalized spacial score (nSPS) is 25.6. The van der Waals surface area contributed by atoms with Gasteiger partial charge in [0.25, 0.3) is 0 Å². The van der Waals surface area contributed by atoms with Gasteiger partial charge in [0.15, 0.2) is 9.84 Å². The molecule has 1 aromatic carbocycles. The second-order valence-corrected chi connectivity index (χ2v) is 7.60. The maximum absolute atomic E-state index is 11.4. The Hall–Kier alpha value is -1.27. The number of ether oxygens (including phenoxy) is 1. The summed E-state index contributed by atoms with van der Waals surface area (Å²) in [7, 11) is -2.88. The molecule has 20 heavy (non-hydrogen) atoms. The lowest BCUT2D eigenvalue weighted by molar-refractivity contribution is 0.229. The zero-order valence-corrected chi connectivity index (χ0v) is 12.2. The van der Waals surface area contributed by atoms with E-state index in [0.29, 0.717) is 6.42 Å². The van der Waals surface area contributed by atoms with E-state index < -0.39 is 9.84 Å². The number of nitrogens with zero attached hydrogens (tertiary/aromatic N) is 1. The number of hydrogen-bond donors (Lipinski definition) is 1. The third-order valence-corrected chi connectivity index (χ3v) is 5.55. The van der Waals surface area contributed by atoms with E-state index in [9.17, 15) is 8.42 Å². The maximum Gasteiger partial charge on any atom is 0.154 e. The van der Waals surface area contributed by atoms with Crippen LogP contribution in [0.2, 0.25) is 0 Å². The molecule has 0 aliphatic carbocycles. The number of piperazine rings is 1. The number of anilines is 1. The van der Waals surface area contributed by atoms with Crippen molar-refractivity contribution in [1.29, 1.82) is 0 Å². The first kappa shape index (κ1) is 13.7. The van der Waals surface area contributed by atoms with E-state index in [0.717, 1.165) is 31.9 Å². The zero-order valence-electron chi connectivity index (χ0n) is 11.4. The number of rotatable bonds is 3. The minimum atomic E-state index is -2.88. The van der Waals surface area contributed by atoms with E-state index in [1.54, 1.807) is 0 Å². The van der Waals surface area contributed by atoms with Crippen molar-refractivity contribution in [1.82, 2.24) is 5.32 Å². The van der Waals surface area contributed by atoms with Crippen molar-refractivity contribution >= 4 is 15.5 Å². The zero-order chi connectivity index (χ0) is 14.0. The second-order valence-electron chi connectivity index (χ2n) is 5.37. The number of benzene rings is 1. The highest BCUT2D eigenvalue weighted by atomic mass is 32.2. The summed E-state index contributed by atoms with van der Waals surface area (Å²) in [6, 6.07) is 7.96. The molecule has 0 spiro atoms. The lowest BCUT2D eigenvalue weighted by Crippen LogP contribution is -2.43. The van der Waals surface area contributed by atoms with Gasteiger partial charge in [-0.15, -0.1) is 0 Å². The minimum absolute atomic E-state index is 0.145. The molecule has 1 aromatic rings. The molecule has 0 bridgehead atoms. The van der Waals surface area contributed by atoms with E-state index in [1.165, 1.54) is 5.69 Å². The van der Waals surface area contributed by atoms with Crippen molar-refractivity contribution in [2.45, 2.75) is 12.5 Å². The second kappa shape index (κ2) is 5.61. The largest absolute Gasteiger partial charge is 0.489 e. The van der Waals surface area contributed by atoms with Crippen LogP contribution in [0.15, 0.2) is 24.3 Å². The van der Waals surface area contributed by atoms with Crippen LogP contribution >= 0.6 is 0 Å². The Morgan fingerprint density at radius 2 is 1.85 bits per heavy atom. The third kappa shape index (κ3) is 3.24. The van der Waals surface area contributed by atoms with Crippen LogP contribution in [0, 0.1) is 0 Å². The minimum Gasteiger partial charge on any atom is -0.489 e. The van der Waals surface area contributed by atoms with E-state index in [-0.39, 0.29) is 17.6 Å². The van der Waals surface area contributed by atoms with Crippen LogP contribution in [-0.2, 0) is 9.84 Å². The molecule has 1 unspecified atom stereocenters. The van der Waals surface area contributed by atoms with Gasteiger partial charge in [-0.05, 0) is 30.7 Å². The predicted molar refractivity (Wildman–Crippen MR) is 79.2 cm³/mol. The van der Waals surface area contributed by atoms with Crippen LogP contribution in [0.3, 0.4) is 0 Å². The Morgan fingerprint density at radius 1 is 1.15 bits per heavy atom. The molecule has 6 heteroatoms. The van der Waals surface area contributed by atoms with Crippen molar-refractivity contribution in [3.63, 3.8) is 0 Å². The Balaban J connectivity index is 1.61. The summed E-state index contributed by atoms with van der Waals surface area (Å²) in [5, 5.41) is 3.33. The van der Waals surface area contributed by atoms with E-state index in [1.807, 2.05) is 24.3 Å². The number of hydrogen-bond acceptors (Lipinski definition) is 5. The smallest absolute Gasteiger partial charge is 0.154 e. The molecular formula is C14H20N2O3S. The summed E-state index contributed by atoms with van der Waals surface area (Å²) in [4.78, 5) is 2.33. The highest BCUT2D eigenvalue weighted by Gasteiger charge is 2.29. The molecule has 1 atom stereocenters. The molecular weight excluding hydrogens is 276 g/mol. The van der Waals surface area contributed by atoms with E-state index >= 15 is 0 Å². The van der Waals surface area contributed by atoms with Crippen LogP contribution in [0.25, 0.3) is 0 Å². The molecule has 2 aliphatic rings. The summed E-state index contributed by atoms with van der Waals surface area (Å²) < 4.78 is 28.5. The van der Waals surface area contributed by atoms with Crippen molar-refractivity contribution < 1.29 is 13.2 Å². The van der Waals surface area contributed by atoms with Crippen molar-refractivity contribution in [2.24, 2.45) is 0 Å². The fourth-order valence-corrected chi connectivity index (χ4v) is 4.29. The summed E-state index contributed by atoms with van der Waals surface area (Å²) in [5.41, 5.74) is 1.19. The highest BCUT2D eigenvalue weighted by molar-refractivity contribution is 7.91. The standard InChI is InChI=1S/C14H20N2O3S/c17-20(18)10-5-14(11-20)19-13-3-1-12(2-4-13)16-8-6-15-7-9-16/h1-4,14-15H,5-11H2. The fraction of sp³-hybridized carbons (Fsp3) is 0.571. The van der Waals surface area contributed by atoms with Crippen molar-refractivity contribution in [3.8, 4) is 5.75 Å². The van der Waals surface area contributed by atoms with E-state index in [4.69, 9.17) is 4.74 Å². The van der Waals surface area contributed by atoms with Crippen LogP contribution in [0.5, 0.6) is 5.75 Å².